The number of rotatable bonds is 4. The van der Waals surface area contributed by atoms with Crippen LogP contribution in [0.4, 0.5) is 4.79 Å². The first-order valence-corrected chi connectivity index (χ1v) is 8.44. The van der Waals surface area contributed by atoms with Crippen molar-refractivity contribution in [2.24, 2.45) is 11.8 Å². The fraction of sp³-hybridized carbons (Fsp3) is 0.938. The summed E-state index contributed by atoms with van der Waals surface area (Å²) in [6, 6.07) is 0.507. The lowest BCUT2D eigenvalue weighted by Gasteiger charge is -2.32. The maximum absolute atomic E-state index is 12.3. The average Bonchev–Trinajstić information content (AvgIpc) is 3.28. The van der Waals surface area contributed by atoms with E-state index in [4.69, 9.17) is 9.47 Å². The number of nitrogens with one attached hydrogen (secondary N) is 1. The predicted octanol–water partition coefficient (Wildman–Crippen LogP) is 2.01. The monoisotopic (exact) mass is 296 g/mol. The highest BCUT2D eigenvalue weighted by molar-refractivity contribution is 5.75. The Labute approximate surface area is 127 Å². The first kappa shape index (κ1) is 15.1. The smallest absolute Gasteiger partial charge is 0.317 e. The molecule has 120 valence electrons. The van der Waals surface area contributed by atoms with E-state index < -0.39 is 0 Å². The maximum atomic E-state index is 12.3. The summed E-state index contributed by atoms with van der Waals surface area (Å²) in [4.78, 5) is 14.2. The lowest BCUT2D eigenvalue weighted by Crippen LogP contribution is -2.51. The lowest BCUT2D eigenvalue weighted by molar-refractivity contribution is -0.0495. The molecule has 0 aromatic heterocycles. The van der Waals surface area contributed by atoms with E-state index in [1.165, 1.54) is 38.5 Å². The van der Waals surface area contributed by atoms with Gasteiger partial charge in [-0.3, -0.25) is 0 Å². The number of morpholine rings is 1. The van der Waals surface area contributed by atoms with E-state index in [9.17, 15) is 4.79 Å². The van der Waals surface area contributed by atoms with E-state index in [0.29, 0.717) is 32.3 Å². The quantitative estimate of drug-likeness (QED) is 0.863. The third kappa shape index (κ3) is 3.89. The summed E-state index contributed by atoms with van der Waals surface area (Å²) in [6.07, 6.45) is 8.09. The van der Waals surface area contributed by atoms with Crippen LogP contribution in [0.15, 0.2) is 0 Å². The topological polar surface area (TPSA) is 50.8 Å². The fourth-order valence-corrected chi connectivity index (χ4v) is 3.90. The molecule has 0 aromatic rings. The van der Waals surface area contributed by atoms with Crippen molar-refractivity contribution in [2.45, 2.75) is 50.7 Å². The molecule has 0 aromatic carbocycles. The Hall–Kier alpha value is -0.810. The molecule has 0 radical (unpaired) electrons. The normalized spacial score (nSPS) is 33.8. The van der Waals surface area contributed by atoms with E-state index in [0.717, 1.165) is 11.8 Å². The van der Waals surface area contributed by atoms with Crippen LogP contribution in [0.1, 0.15) is 38.5 Å². The number of carbonyl (C=O) groups is 1. The van der Waals surface area contributed by atoms with Gasteiger partial charge in [0, 0.05) is 19.7 Å². The summed E-state index contributed by atoms with van der Waals surface area (Å²) >= 11 is 0. The summed E-state index contributed by atoms with van der Waals surface area (Å²) in [7, 11) is 1.67. The molecule has 5 nitrogen and oxygen atoms in total. The van der Waals surface area contributed by atoms with Crippen molar-refractivity contribution in [2.75, 3.05) is 33.4 Å². The second-order valence-corrected chi connectivity index (χ2v) is 6.75. The SMILES string of the molecule is COCC1CN(C(=O)NC2CC2C2CCCCC2)CCO1. The van der Waals surface area contributed by atoms with E-state index in [1.54, 1.807) is 7.11 Å². The third-order valence-corrected chi connectivity index (χ3v) is 5.18. The minimum Gasteiger partial charge on any atom is -0.382 e. The molecule has 5 heteroatoms. The van der Waals surface area contributed by atoms with Crippen LogP contribution >= 0.6 is 0 Å². The van der Waals surface area contributed by atoms with E-state index in [1.807, 2.05) is 4.90 Å². The second-order valence-electron chi connectivity index (χ2n) is 6.75. The van der Waals surface area contributed by atoms with Crippen LogP contribution in [-0.4, -0.2) is 56.5 Å². The first-order chi connectivity index (χ1) is 10.3. The fourth-order valence-electron chi connectivity index (χ4n) is 3.90. The van der Waals surface area contributed by atoms with E-state index in [2.05, 4.69) is 5.32 Å². The van der Waals surface area contributed by atoms with Crippen molar-refractivity contribution >= 4 is 6.03 Å². The van der Waals surface area contributed by atoms with Crippen molar-refractivity contribution < 1.29 is 14.3 Å². The van der Waals surface area contributed by atoms with Gasteiger partial charge < -0.3 is 19.7 Å². The van der Waals surface area contributed by atoms with Gasteiger partial charge in [-0.25, -0.2) is 4.79 Å². The van der Waals surface area contributed by atoms with Gasteiger partial charge in [-0.15, -0.1) is 0 Å². The largest absolute Gasteiger partial charge is 0.382 e. The van der Waals surface area contributed by atoms with Gasteiger partial charge in [0.05, 0.1) is 25.9 Å². The van der Waals surface area contributed by atoms with E-state index in [-0.39, 0.29) is 12.1 Å². The van der Waals surface area contributed by atoms with Gasteiger partial charge in [0.25, 0.3) is 0 Å². The van der Waals surface area contributed by atoms with Crippen molar-refractivity contribution in [3.05, 3.63) is 0 Å². The number of urea groups is 1. The highest BCUT2D eigenvalue weighted by Gasteiger charge is 2.44. The number of methoxy groups -OCH3 is 1. The molecule has 3 rings (SSSR count). The summed E-state index contributed by atoms with van der Waals surface area (Å²) in [5.74, 6) is 1.60. The van der Waals surface area contributed by atoms with Gasteiger partial charge in [-0.1, -0.05) is 32.1 Å². The Morgan fingerprint density at radius 2 is 2.14 bits per heavy atom. The molecule has 3 fully saturated rings. The molecule has 3 unspecified atom stereocenters. The molecule has 1 saturated heterocycles. The summed E-state index contributed by atoms with van der Waals surface area (Å²) in [6.45, 7) is 2.49. The average molecular weight is 296 g/mol. The molecule has 2 saturated carbocycles. The standard InChI is InChI=1S/C16H28N2O3/c1-20-11-13-10-18(7-8-21-13)16(19)17-15-9-14(15)12-5-3-2-4-6-12/h12-15H,2-11H2,1H3,(H,17,19). The molecular formula is C16H28N2O3. The van der Waals surface area contributed by atoms with Gasteiger partial charge in [0.2, 0.25) is 0 Å². The second kappa shape index (κ2) is 6.97. The van der Waals surface area contributed by atoms with Crippen LogP contribution in [0.3, 0.4) is 0 Å². The molecule has 2 amide bonds. The number of carbonyl (C=O) groups excluding carboxylic acids is 1. The Balaban J connectivity index is 1.42. The van der Waals surface area contributed by atoms with Crippen molar-refractivity contribution in [1.82, 2.24) is 10.2 Å². The minimum atomic E-state index is 0.0165. The molecular weight excluding hydrogens is 268 g/mol. The van der Waals surface area contributed by atoms with Gasteiger partial charge >= 0.3 is 6.03 Å². The zero-order chi connectivity index (χ0) is 14.7. The summed E-state index contributed by atoms with van der Waals surface area (Å²) < 4.78 is 10.7. The van der Waals surface area contributed by atoms with Crippen LogP contribution in [0.25, 0.3) is 0 Å². The molecule has 3 aliphatic rings. The number of hydrogen-bond donors (Lipinski definition) is 1. The van der Waals surface area contributed by atoms with Crippen molar-refractivity contribution in [1.29, 1.82) is 0 Å². The van der Waals surface area contributed by atoms with Gasteiger partial charge in [0.15, 0.2) is 0 Å². The van der Waals surface area contributed by atoms with Crippen molar-refractivity contribution in [3.63, 3.8) is 0 Å². The first-order valence-electron chi connectivity index (χ1n) is 8.44. The minimum absolute atomic E-state index is 0.0165. The zero-order valence-corrected chi connectivity index (χ0v) is 13.1. The van der Waals surface area contributed by atoms with Crippen LogP contribution in [-0.2, 0) is 9.47 Å². The Kier molecular flexibility index (Phi) is 5.01. The summed E-state index contributed by atoms with van der Waals surface area (Å²) in [5, 5.41) is 3.22. The molecule has 3 atom stereocenters. The number of hydrogen-bond acceptors (Lipinski definition) is 3. The van der Waals surface area contributed by atoms with Gasteiger partial charge in [-0.2, -0.15) is 0 Å². The highest BCUT2D eigenvalue weighted by Crippen LogP contribution is 2.44. The van der Waals surface area contributed by atoms with Gasteiger partial charge in [0.1, 0.15) is 0 Å². The number of nitrogens with zero attached hydrogens (tertiary/aromatic N) is 1. The van der Waals surface area contributed by atoms with Crippen LogP contribution in [0.2, 0.25) is 0 Å². The van der Waals surface area contributed by atoms with Crippen LogP contribution in [0.5, 0.6) is 0 Å². The summed E-state index contributed by atoms with van der Waals surface area (Å²) in [5.41, 5.74) is 0. The molecule has 2 aliphatic carbocycles. The molecule has 21 heavy (non-hydrogen) atoms. The number of ether oxygens (including phenoxy) is 2. The Bertz CT molecular complexity index is 355. The molecule has 0 spiro atoms. The highest BCUT2D eigenvalue weighted by atomic mass is 16.5. The third-order valence-electron chi connectivity index (χ3n) is 5.18. The number of amides is 2. The van der Waals surface area contributed by atoms with Crippen molar-refractivity contribution in [3.8, 4) is 0 Å². The molecule has 1 aliphatic heterocycles. The van der Waals surface area contributed by atoms with E-state index >= 15 is 0 Å². The molecule has 1 N–H and O–H groups in total. The van der Waals surface area contributed by atoms with Crippen LogP contribution in [0, 0.1) is 11.8 Å². The van der Waals surface area contributed by atoms with Gasteiger partial charge in [-0.05, 0) is 18.3 Å². The molecule has 0 bridgehead atoms. The Morgan fingerprint density at radius 3 is 2.90 bits per heavy atom. The zero-order valence-electron chi connectivity index (χ0n) is 13.1. The van der Waals surface area contributed by atoms with Crippen LogP contribution < -0.4 is 5.32 Å². The maximum Gasteiger partial charge on any atom is 0.317 e. The predicted molar refractivity (Wildman–Crippen MR) is 80.2 cm³/mol. The lowest BCUT2D eigenvalue weighted by atomic mass is 9.85. The molecule has 1 heterocycles. The Morgan fingerprint density at radius 1 is 1.33 bits per heavy atom.